The Labute approximate surface area is 197 Å². The summed E-state index contributed by atoms with van der Waals surface area (Å²) in [7, 11) is 0. The van der Waals surface area contributed by atoms with Gasteiger partial charge in [-0.2, -0.15) is 0 Å². The number of nitrogens with zero attached hydrogens (tertiary/aromatic N) is 4. The van der Waals surface area contributed by atoms with E-state index >= 15 is 0 Å². The monoisotopic (exact) mass is 459 g/mol. The zero-order chi connectivity index (χ0) is 23.4. The molecule has 1 aromatic carbocycles. The molecule has 4 heterocycles. The lowest BCUT2D eigenvalue weighted by molar-refractivity contribution is 0.00545. The minimum Gasteiger partial charge on any atom is -0.491 e. The SMILES string of the molecule is C[C@H]1COc2cc3ccc(CC[C@H]4C[C@@H](n5ccc6c(N)ncnc65)[C@H](O)[C@@H]4O)cc3nc2C1. The maximum atomic E-state index is 10.8. The number of rotatable bonds is 4. The fourth-order valence-electron chi connectivity index (χ4n) is 5.55. The van der Waals surface area contributed by atoms with E-state index in [0.29, 0.717) is 23.8 Å². The molecule has 1 aliphatic heterocycles. The first kappa shape index (κ1) is 21.3. The third-order valence-electron chi connectivity index (χ3n) is 7.46. The van der Waals surface area contributed by atoms with Gasteiger partial charge in [0, 0.05) is 11.6 Å². The number of ether oxygens (including phenoxy) is 1. The van der Waals surface area contributed by atoms with Crippen LogP contribution in [0, 0.1) is 11.8 Å². The minimum absolute atomic E-state index is 0.0157. The van der Waals surface area contributed by atoms with Gasteiger partial charge in [-0.05, 0) is 61.3 Å². The minimum atomic E-state index is -0.858. The van der Waals surface area contributed by atoms with Crippen molar-refractivity contribution in [3.8, 4) is 5.75 Å². The number of hydrogen-bond donors (Lipinski definition) is 3. The molecule has 1 aliphatic carbocycles. The Kier molecular flexibility index (Phi) is 5.15. The number of aliphatic hydroxyl groups is 2. The molecule has 5 atom stereocenters. The average Bonchev–Trinajstić information content (AvgIpc) is 3.38. The van der Waals surface area contributed by atoms with Gasteiger partial charge >= 0.3 is 0 Å². The molecule has 1 saturated carbocycles. The number of aryl methyl sites for hydroxylation is 1. The molecule has 0 radical (unpaired) electrons. The van der Waals surface area contributed by atoms with Crippen molar-refractivity contribution in [2.45, 2.75) is 50.9 Å². The van der Waals surface area contributed by atoms with Crippen LogP contribution in [-0.4, -0.2) is 48.5 Å². The zero-order valence-electron chi connectivity index (χ0n) is 19.1. The van der Waals surface area contributed by atoms with Gasteiger partial charge in [-0.25, -0.2) is 15.0 Å². The molecule has 4 aromatic rings. The quantitative estimate of drug-likeness (QED) is 0.429. The summed E-state index contributed by atoms with van der Waals surface area (Å²) in [4.78, 5) is 13.3. The van der Waals surface area contributed by atoms with E-state index in [1.165, 1.54) is 11.9 Å². The van der Waals surface area contributed by atoms with Gasteiger partial charge in [0.15, 0.2) is 0 Å². The summed E-state index contributed by atoms with van der Waals surface area (Å²) < 4.78 is 7.78. The van der Waals surface area contributed by atoms with E-state index in [9.17, 15) is 10.2 Å². The second kappa shape index (κ2) is 8.21. The number of hydrogen-bond acceptors (Lipinski definition) is 7. The highest BCUT2D eigenvalue weighted by molar-refractivity contribution is 5.86. The lowest BCUT2D eigenvalue weighted by Crippen LogP contribution is -2.29. The van der Waals surface area contributed by atoms with Gasteiger partial charge in [-0.1, -0.05) is 19.1 Å². The van der Waals surface area contributed by atoms with E-state index in [1.807, 2.05) is 16.8 Å². The molecule has 0 spiro atoms. The van der Waals surface area contributed by atoms with E-state index < -0.39 is 12.2 Å². The van der Waals surface area contributed by atoms with Crippen molar-refractivity contribution in [3.05, 3.63) is 54.1 Å². The highest BCUT2D eigenvalue weighted by atomic mass is 16.5. The van der Waals surface area contributed by atoms with Gasteiger partial charge in [0.05, 0.1) is 35.3 Å². The predicted molar refractivity (Wildman–Crippen MR) is 130 cm³/mol. The number of nitrogen functional groups attached to an aromatic ring is 1. The Morgan fingerprint density at radius 3 is 2.91 bits per heavy atom. The van der Waals surface area contributed by atoms with Crippen molar-refractivity contribution in [2.24, 2.45) is 11.8 Å². The van der Waals surface area contributed by atoms with Crippen LogP contribution in [0.5, 0.6) is 5.75 Å². The summed E-state index contributed by atoms with van der Waals surface area (Å²) in [5.74, 6) is 1.78. The van der Waals surface area contributed by atoms with Crippen LogP contribution >= 0.6 is 0 Å². The van der Waals surface area contributed by atoms with Crippen LogP contribution in [0.1, 0.15) is 37.1 Å². The van der Waals surface area contributed by atoms with E-state index in [-0.39, 0.29) is 12.0 Å². The molecule has 8 nitrogen and oxygen atoms in total. The molecule has 176 valence electrons. The van der Waals surface area contributed by atoms with Crippen molar-refractivity contribution in [1.82, 2.24) is 19.5 Å². The molecule has 0 unspecified atom stereocenters. The molecule has 4 N–H and O–H groups in total. The number of nitrogens with two attached hydrogens (primary N) is 1. The molecule has 2 aliphatic rings. The summed E-state index contributed by atoms with van der Waals surface area (Å²) in [5, 5.41) is 23.5. The Bertz CT molecular complexity index is 1370. The molecule has 8 heteroatoms. The Balaban J connectivity index is 1.19. The Morgan fingerprint density at radius 2 is 2.03 bits per heavy atom. The summed E-state index contributed by atoms with van der Waals surface area (Å²) >= 11 is 0. The molecular formula is C26H29N5O3. The second-order valence-electron chi connectivity index (χ2n) is 9.88. The van der Waals surface area contributed by atoms with E-state index in [2.05, 4.69) is 41.2 Å². The Morgan fingerprint density at radius 1 is 1.15 bits per heavy atom. The number of benzene rings is 1. The van der Waals surface area contributed by atoms with Gasteiger partial charge in [-0.15, -0.1) is 0 Å². The van der Waals surface area contributed by atoms with Gasteiger partial charge in [-0.3, -0.25) is 0 Å². The first-order chi connectivity index (χ1) is 16.5. The van der Waals surface area contributed by atoms with Gasteiger partial charge in [0.2, 0.25) is 0 Å². The molecule has 1 fully saturated rings. The summed E-state index contributed by atoms with van der Waals surface area (Å²) in [6, 6.07) is 10.1. The molecule has 0 bridgehead atoms. The van der Waals surface area contributed by atoms with Crippen LogP contribution < -0.4 is 10.5 Å². The third kappa shape index (κ3) is 3.58. The maximum Gasteiger partial charge on any atom is 0.145 e. The first-order valence-electron chi connectivity index (χ1n) is 12.0. The number of aliphatic hydroxyl groups excluding tert-OH is 2. The number of anilines is 1. The maximum absolute atomic E-state index is 10.8. The number of aromatic nitrogens is 4. The molecule has 0 saturated heterocycles. The lowest BCUT2D eigenvalue weighted by atomic mass is 9.95. The van der Waals surface area contributed by atoms with Crippen molar-refractivity contribution in [3.63, 3.8) is 0 Å². The van der Waals surface area contributed by atoms with Crippen molar-refractivity contribution < 1.29 is 14.9 Å². The highest BCUT2D eigenvalue weighted by Crippen LogP contribution is 2.40. The fourth-order valence-corrected chi connectivity index (χ4v) is 5.55. The molecule has 34 heavy (non-hydrogen) atoms. The standard InChI is InChI=1S/C26H29N5O3/c1-14-8-20-22(34-12-14)11-16-4-2-15(9-19(16)30-20)3-5-17-10-21(24(33)23(17)32)31-7-6-18-25(27)28-13-29-26(18)31/h2,4,6-7,9,11,13-14,17,21,23-24,32-33H,3,5,8,10,12H2,1H3,(H2,27,28,29)/t14-,17+,21-,23-,24+/m1/s1. The van der Waals surface area contributed by atoms with Crippen LogP contribution in [0.2, 0.25) is 0 Å². The number of fused-ring (bicyclic) bond motifs is 3. The summed E-state index contributed by atoms with van der Waals surface area (Å²) in [5.41, 5.74) is 9.85. The zero-order valence-corrected chi connectivity index (χ0v) is 19.1. The summed E-state index contributed by atoms with van der Waals surface area (Å²) in [6.07, 6.45) is 4.86. The average molecular weight is 460 g/mol. The van der Waals surface area contributed by atoms with Crippen LogP contribution in [0.15, 0.2) is 42.9 Å². The van der Waals surface area contributed by atoms with Crippen LogP contribution in [0.25, 0.3) is 21.9 Å². The molecular weight excluding hydrogens is 430 g/mol. The van der Waals surface area contributed by atoms with Crippen molar-refractivity contribution in [2.75, 3.05) is 12.3 Å². The first-order valence-corrected chi connectivity index (χ1v) is 12.0. The summed E-state index contributed by atoms with van der Waals surface area (Å²) in [6.45, 7) is 2.92. The smallest absolute Gasteiger partial charge is 0.145 e. The predicted octanol–water partition coefficient (Wildman–Crippen LogP) is 3.05. The second-order valence-corrected chi connectivity index (χ2v) is 9.88. The molecule has 3 aromatic heterocycles. The Hall–Kier alpha value is -3.23. The highest BCUT2D eigenvalue weighted by Gasteiger charge is 2.42. The van der Waals surface area contributed by atoms with Gasteiger partial charge in [0.1, 0.15) is 29.6 Å². The van der Waals surface area contributed by atoms with Crippen molar-refractivity contribution in [1.29, 1.82) is 0 Å². The third-order valence-corrected chi connectivity index (χ3v) is 7.46. The van der Waals surface area contributed by atoms with Gasteiger partial charge in [0.25, 0.3) is 0 Å². The van der Waals surface area contributed by atoms with E-state index in [1.54, 1.807) is 0 Å². The van der Waals surface area contributed by atoms with E-state index in [4.69, 9.17) is 15.5 Å². The molecule has 0 amide bonds. The van der Waals surface area contributed by atoms with E-state index in [0.717, 1.165) is 53.6 Å². The lowest BCUT2D eigenvalue weighted by Gasteiger charge is -2.22. The van der Waals surface area contributed by atoms with Crippen LogP contribution in [-0.2, 0) is 12.8 Å². The largest absolute Gasteiger partial charge is 0.491 e. The van der Waals surface area contributed by atoms with Crippen LogP contribution in [0.4, 0.5) is 5.82 Å². The van der Waals surface area contributed by atoms with Gasteiger partial charge < -0.3 is 25.3 Å². The number of pyridine rings is 1. The normalized spacial score (nSPS) is 26.6. The van der Waals surface area contributed by atoms with Crippen LogP contribution in [0.3, 0.4) is 0 Å². The van der Waals surface area contributed by atoms with Crippen molar-refractivity contribution >= 4 is 27.8 Å². The fraction of sp³-hybridized carbons (Fsp3) is 0.423. The topological polar surface area (TPSA) is 119 Å². The molecule has 6 rings (SSSR count).